The molecule has 0 saturated heterocycles. The minimum Gasteiger partial charge on any atom is -0.376 e. The van der Waals surface area contributed by atoms with Gasteiger partial charge in [-0.2, -0.15) is 0 Å². The first-order valence-electron chi connectivity index (χ1n) is 3.54. The molecule has 0 fully saturated rings. The van der Waals surface area contributed by atoms with Crippen LogP contribution in [0.25, 0.3) is 0 Å². The first kappa shape index (κ1) is 8.92. The lowest BCUT2D eigenvalue weighted by Crippen LogP contribution is -2.15. The van der Waals surface area contributed by atoms with Crippen molar-refractivity contribution >= 4 is 0 Å². The van der Waals surface area contributed by atoms with Crippen molar-refractivity contribution in [2.45, 2.75) is 32.8 Å². The Kier molecular flexibility index (Phi) is 5.99. The maximum absolute atomic E-state index is 10.2. The molecule has 0 aliphatic heterocycles. The molecule has 2 nitrogen and oxygen atoms in total. The smallest absolute Gasteiger partial charge is 0.108 e. The van der Waals surface area contributed by atoms with Gasteiger partial charge < -0.3 is 4.74 Å². The molecule has 0 heterocycles. The van der Waals surface area contributed by atoms with Crippen LogP contribution >= 0.6 is 0 Å². The lowest BCUT2D eigenvalue weighted by Gasteiger charge is -2.10. The Morgan fingerprint density at radius 1 is 1.44 bits per heavy atom. The van der Waals surface area contributed by atoms with Crippen molar-refractivity contribution in [1.29, 1.82) is 0 Å². The summed E-state index contributed by atoms with van der Waals surface area (Å²) in [5.74, 6) is 0. The molecule has 1 radical (unpaired) electrons. The lowest BCUT2D eigenvalue weighted by molar-refractivity contribution is -0.0100. The van der Waals surface area contributed by atoms with E-state index < -0.39 is 0 Å². The average molecular weight is 131 g/mol. The second kappa shape index (κ2) is 6.05. The SMILES string of the molecule is CCCOC(CC)C[O]. The van der Waals surface area contributed by atoms with Crippen molar-refractivity contribution in [2.24, 2.45) is 0 Å². The van der Waals surface area contributed by atoms with Crippen molar-refractivity contribution in [2.75, 3.05) is 13.2 Å². The van der Waals surface area contributed by atoms with Crippen LogP contribution in [0.1, 0.15) is 26.7 Å². The Bertz CT molecular complexity index is 50.9. The van der Waals surface area contributed by atoms with Crippen molar-refractivity contribution in [3.63, 3.8) is 0 Å². The van der Waals surface area contributed by atoms with Gasteiger partial charge in [0.25, 0.3) is 0 Å². The molecule has 0 bridgehead atoms. The maximum atomic E-state index is 10.2. The third kappa shape index (κ3) is 4.43. The Labute approximate surface area is 56.8 Å². The minimum atomic E-state index is -0.101. The molecule has 0 aromatic rings. The van der Waals surface area contributed by atoms with E-state index in [-0.39, 0.29) is 12.7 Å². The highest BCUT2D eigenvalue weighted by atomic mass is 16.5. The van der Waals surface area contributed by atoms with Gasteiger partial charge in [0.15, 0.2) is 0 Å². The second-order valence-corrected chi connectivity index (χ2v) is 2.07. The Balaban J connectivity index is 3.09. The first-order valence-corrected chi connectivity index (χ1v) is 3.54. The summed E-state index contributed by atoms with van der Waals surface area (Å²) < 4.78 is 5.18. The zero-order valence-corrected chi connectivity index (χ0v) is 6.22. The molecular weight excluding hydrogens is 116 g/mol. The van der Waals surface area contributed by atoms with Gasteiger partial charge in [0.05, 0.1) is 6.10 Å². The Morgan fingerprint density at radius 2 is 2.11 bits per heavy atom. The molecule has 9 heavy (non-hydrogen) atoms. The fourth-order valence-electron chi connectivity index (χ4n) is 0.568. The third-order valence-corrected chi connectivity index (χ3v) is 1.20. The summed E-state index contributed by atoms with van der Waals surface area (Å²) in [6.45, 7) is 4.63. The van der Waals surface area contributed by atoms with Gasteiger partial charge in [0.2, 0.25) is 0 Å². The van der Waals surface area contributed by atoms with Crippen LogP contribution < -0.4 is 0 Å². The highest BCUT2D eigenvalue weighted by Gasteiger charge is 2.02. The van der Waals surface area contributed by atoms with Crippen LogP contribution in [-0.4, -0.2) is 19.3 Å². The molecule has 0 N–H and O–H groups in total. The summed E-state index contributed by atoms with van der Waals surface area (Å²) in [5.41, 5.74) is 0. The standard InChI is InChI=1S/C7H15O2/c1-3-5-9-7(4-2)6-8/h7H,3-6H2,1-2H3. The molecule has 0 aromatic carbocycles. The molecular formula is C7H15O2. The summed E-state index contributed by atoms with van der Waals surface area (Å²) in [6.07, 6.45) is 1.78. The monoisotopic (exact) mass is 131 g/mol. The summed E-state index contributed by atoms with van der Waals surface area (Å²) in [6, 6.07) is 0. The van der Waals surface area contributed by atoms with Gasteiger partial charge >= 0.3 is 0 Å². The predicted molar refractivity (Wildman–Crippen MR) is 35.9 cm³/mol. The second-order valence-electron chi connectivity index (χ2n) is 2.07. The molecule has 2 heteroatoms. The van der Waals surface area contributed by atoms with E-state index in [9.17, 15) is 5.11 Å². The fourth-order valence-corrected chi connectivity index (χ4v) is 0.568. The van der Waals surface area contributed by atoms with Gasteiger partial charge in [-0.3, -0.25) is 0 Å². The molecule has 1 atom stereocenters. The zero-order valence-electron chi connectivity index (χ0n) is 6.22. The summed E-state index contributed by atoms with van der Waals surface area (Å²) in [5, 5.41) is 10.2. The fraction of sp³-hybridized carbons (Fsp3) is 1.00. The van der Waals surface area contributed by atoms with Crippen LogP contribution in [0.3, 0.4) is 0 Å². The van der Waals surface area contributed by atoms with E-state index in [1.54, 1.807) is 0 Å². The molecule has 0 rings (SSSR count). The highest BCUT2D eigenvalue weighted by Crippen LogP contribution is 1.96. The maximum Gasteiger partial charge on any atom is 0.108 e. The molecule has 0 aliphatic rings. The van der Waals surface area contributed by atoms with Crippen molar-refractivity contribution in [3.8, 4) is 0 Å². The summed E-state index contributed by atoms with van der Waals surface area (Å²) in [7, 11) is 0. The van der Waals surface area contributed by atoms with Crippen molar-refractivity contribution in [3.05, 3.63) is 0 Å². The molecule has 1 unspecified atom stereocenters. The van der Waals surface area contributed by atoms with Crippen LogP contribution in [0.5, 0.6) is 0 Å². The topological polar surface area (TPSA) is 29.1 Å². The van der Waals surface area contributed by atoms with Crippen molar-refractivity contribution in [1.82, 2.24) is 0 Å². The van der Waals surface area contributed by atoms with E-state index in [0.717, 1.165) is 19.4 Å². The molecule has 55 valence electrons. The van der Waals surface area contributed by atoms with E-state index in [4.69, 9.17) is 4.74 Å². The largest absolute Gasteiger partial charge is 0.376 e. The van der Waals surface area contributed by atoms with Gasteiger partial charge in [0, 0.05) is 6.61 Å². The van der Waals surface area contributed by atoms with Crippen LogP contribution in [-0.2, 0) is 9.84 Å². The van der Waals surface area contributed by atoms with Crippen LogP contribution in [0.4, 0.5) is 0 Å². The molecule has 0 aliphatic carbocycles. The van der Waals surface area contributed by atoms with Gasteiger partial charge in [-0.25, -0.2) is 5.11 Å². The quantitative estimate of drug-likeness (QED) is 0.557. The number of hydrogen-bond donors (Lipinski definition) is 0. The Morgan fingerprint density at radius 3 is 2.44 bits per heavy atom. The number of hydrogen-bond acceptors (Lipinski definition) is 1. The minimum absolute atomic E-state index is 0.0510. The van der Waals surface area contributed by atoms with E-state index in [0.29, 0.717) is 0 Å². The van der Waals surface area contributed by atoms with E-state index in [2.05, 4.69) is 0 Å². The van der Waals surface area contributed by atoms with E-state index in [1.165, 1.54) is 0 Å². The van der Waals surface area contributed by atoms with Crippen LogP contribution in [0.2, 0.25) is 0 Å². The normalized spacial score (nSPS) is 13.7. The third-order valence-electron chi connectivity index (χ3n) is 1.20. The van der Waals surface area contributed by atoms with Crippen molar-refractivity contribution < 1.29 is 9.84 Å². The number of ether oxygens (including phenoxy) is 1. The average Bonchev–Trinajstić information content (AvgIpc) is 1.91. The van der Waals surface area contributed by atoms with Gasteiger partial charge in [0.1, 0.15) is 6.61 Å². The molecule has 0 spiro atoms. The van der Waals surface area contributed by atoms with Crippen LogP contribution in [0.15, 0.2) is 0 Å². The highest BCUT2D eigenvalue weighted by molar-refractivity contribution is 4.49. The van der Waals surface area contributed by atoms with Crippen LogP contribution in [0, 0.1) is 0 Å². The van der Waals surface area contributed by atoms with Gasteiger partial charge in [-0.05, 0) is 12.8 Å². The van der Waals surface area contributed by atoms with Gasteiger partial charge in [-0.1, -0.05) is 13.8 Å². The number of rotatable bonds is 5. The summed E-state index contributed by atoms with van der Waals surface area (Å²) >= 11 is 0. The molecule has 0 amide bonds. The predicted octanol–water partition coefficient (Wildman–Crippen LogP) is 1.62. The van der Waals surface area contributed by atoms with Gasteiger partial charge in [-0.15, -0.1) is 0 Å². The first-order chi connectivity index (χ1) is 4.35. The zero-order chi connectivity index (χ0) is 7.11. The van der Waals surface area contributed by atoms with E-state index in [1.807, 2.05) is 13.8 Å². The molecule has 0 saturated carbocycles. The summed E-state index contributed by atoms with van der Waals surface area (Å²) in [4.78, 5) is 0. The molecule has 0 aromatic heterocycles. The lowest BCUT2D eigenvalue weighted by atomic mass is 10.3. The Hall–Kier alpha value is -0.0800. The van der Waals surface area contributed by atoms with E-state index >= 15 is 0 Å².